The molecule has 0 spiro atoms. The standard InChI is InChI=1S/C13H11NO/c1-11(12-7-3-2-4-8-12)15-13-9-5-6-10-14-13/h2-10H,1H2. The van der Waals surface area contributed by atoms with E-state index in [1.165, 1.54) is 0 Å². The molecule has 0 bridgehead atoms. The Morgan fingerprint density at radius 3 is 2.40 bits per heavy atom. The van der Waals surface area contributed by atoms with Gasteiger partial charge < -0.3 is 4.74 Å². The van der Waals surface area contributed by atoms with Crippen LogP contribution in [-0.2, 0) is 0 Å². The smallest absolute Gasteiger partial charge is 0.219 e. The molecule has 0 saturated heterocycles. The molecule has 0 unspecified atom stereocenters. The monoisotopic (exact) mass is 197 g/mol. The van der Waals surface area contributed by atoms with Gasteiger partial charge in [0.25, 0.3) is 0 Å². The summed E-state index contributed by atoms with van der Waals surface area (Å²) in [6, 6.07) is 15.3. The normalized spacial score (nSPS) is 9.60. The Hall–Kier alpha value is -2.09. The van der Waals surface area contributed by atoms with Crippen LogP contribution in [0.3, 0.4) is 0 Å². The molecule has 0 saturated carbocycles. The van der Waals surface area contributed by atoms with E-state index in [1.807, 2.05) is 42.5 Å². The average Bonchev–Trinajstić information content (AvgIpc) is 2.31. The second-order valence-corrected chi connectivity index (χ2v) is 3.06. The first kappa shape index (κ1) is 9.46. The molecule has 0 radical (unpaired) electrons. The summed E-state index contributed by atoms with van der Waals surface area (Å²) in [4.78, 5) is 4.06. The van der Waals surface area contributed by atoms with Gasteiger partial charge in [-0.05, 0) is 6.07 Å². The lowest BCUT2D eigenvalue weighted by atomic mass is 10.2. The van der Waals surface area contributed by atoms with Crippen LogP contribution in [0.2, 0.25) is 0 Å². The van der Waals surface area contributed by atoms with Crippen molar-refractivity contribution >= 4 is 5.76 Å². The van der Waals surface area contributed by atoms with Gasteiger partial charge >= 0.3 is 0 Å². The first-order valence-electron chi connectivity index (χ1n) is 4.69. The van der Waals surface area contributed by atoms with Crippen LogP contribution in [0, 0.1) is 0 Å². The number of ether oxygens (including phenoxy) is 1. The maximum atomic E-state index is 5.49. The molecule has 0 amide bonds. The van der Waals surface area contributed by atoms with Crippen LogP contribution in [0.4, 0.5) is 0 Å². The Balaban J connectivity index is 2.12. The topological polar surface area (TPSA) is 22.1 Å². The van der Waals surface area contributed by atoms with Crippen LogP contribution in [0.1, 0.15) is 5.56 Å². The molecule has 2 heteroatoms. The van der Waals surface area contributed by atoms with E-state index < -0.39 is 0 Å². The summed E-state index contributed by atoms with van der Waals surface area (Å²) in [6.07, 6.45) is 1.69. The lowest BCUT2D eigenvalue weighted by Gasteiger charge is -2.06. The summed E-state index contributed by atoms with van der Waals surface area (Å²) in [7, 11) is 0. The van der Waals surface area contributed by atoms with Crippen molar-refractivity contribution in [1.29, 1.82) is 0 Å². The van der Waals surface area contributed by atoms with Gasteiger partial charge in [0.15, 0.2) is 0 Å². The van der Waals surface area contributed by atoms with E-state index in [1.54, 1.807) is 12.3 Å². The summed E-state index contributed by atoms with van der Waals surface area (Å²) >= 11 is 0. The van der Waals surface area contributed by atoms with Crippen molar-refractivity contribution in [3.8, 4) is 5.88 Å². The van der Waals surface area contributed by atoms with Gasteiger partial charge in [-0.3, -0.25) is 0 Å². The van der Waals surface area contributed by atoms with Crippen molar-refractivity contribution in [2.45, 2.75) is 0 Å². The molecule has 1 heterocycles. The van der Waals surface area contributed by atoms with Crippen molar-refractivity contribution in [1.82, 2.24) is 4.98 Å². The molecule has 0 aliphatic heterocycles. The molecule has 1 aromatic heterocycles. The Kier molecular flexibility index (Phi) is 2.79. The van der Waals surface area contributed by atoms with Crippen LogP contribution in [0.25, 0.3) is 5.76 Å². The van der Waals surface area contributed by atoms with Crippen LogP contribution < -0.4 is 4.74 Å². The molecule has 74 valence electrons. The molecule has 15 heavy (non-hydrogen) atoms. The quantitative estimate of drug-likeness (QED) is 0.705. The van der Waals surface area contributed by atoms with Crippen molar-refractivity contribution in [3.63, 3.8) is 0 Å². The minimum absolute atomic E-state index is 0.561. The highest BCUT2D eigenvalue weighted by atomic mass is 16.5. The van der Waals surface area contributed by atoms with Crippen LogP contribution in [-0.4, -0.2) is 4.98 Å². The zero-order valence-electron chi connectivity index (χ0n) is 8.26. The molecular formula is C13H11NO. The number of pyridine rings is 1. The third-order valence-corrected chi connectivity index (χ3v) is 1.96. The SMILES string of the molecule is C=C(Oc1ccccn1)c1ccccc1. The van der Waals surface area contributed by atoms with Gasteiger partial charge in [-0.25, -0.2) is 4.98 Å². The first-order chi connectivity index (χ1) is 7.36. The first-order valence-corrected chi connectivity index (χ1v) is 4.69. The van der Waals surface area contributed by atoms with E-state index >= 15 is 0 Å². The van der Waals surface area contributed by atoms with Gasteiger partial charge in [-0.15, -0.1) is 0 Å². The molecule has 2 aromatic rings. The molecular weight excluding hydrogens is 186 g/mol. The Labute approximate surface area is 88.9 Å². The molecule has 2 rings (SSSR count). The van der Waals surface area contributed by atoms with E-state index in [0.717, 1.165) is 5.56 Å². The minimum atomic E-state index is 0.561. The van der Waals surface area contributed by atoms with Gasteiger partial charge in [-0.2, -0.15) is 0 Å². The average molecular weight is 197 g/mol. The van der Waals surface area contributed by atoms with Gasteiger partial charge in [0.1, 0.15) is 5.76 Å². The van der Waals surface area contributed by atoms with E-state index in [-0.39, 0.29) is 0 Å². The fourth-order valence-electron chi connectivity index (χ4n) is 1.22. The predicted molar refractivity (Wildman–Crippen MR) is 60.3 cm³/mol. The maximum absolute atomic E-state index is 5.49. The van der Waals surface area contributed by atoms with Crippen molar-refractivity contribution in [2.24, 2.45) is 0 Å². The maximum Gasteiger partial charge on any atom is 0.219 e. The summed E-state index contributed by atoms with van der Waals surface area (Å²) in [5.74, 6) is 1.17. The van der Waals surface area contributed by atoms with Crippen molar-refractivity contribution in [3.05, 3.63) is 66.9 Å². The second kappa shape index (κ2) is 4.42. The van der Waals surface area contributed by atoms with Gasteiger partial charge in [0.2, 0.25) is 5.88 Å². The predicted octanol–water partition coefficient (Wildman–Crippen LogP) is 3.13. The Bertz CT molecular complexity index is 437. The van der Waals surface area contributed by atoms with E-state index in [9.17, 15) is 0 Å². The highest BCUT2D eigenvalue weighted by molar-refractivity contribution is 5.58. The molecule has 0 aliphatic carbocycles. The van der Waals surface area contributed by atoms with Crippen molar-refractivity contribution < 1.29 is 4.74 Å². The van der Waals surface area contributed by atoms with E-state index in [2.05, 4.69) is 11.6 Å². The number of benzene rings is 1. The second-order valence-electron chi connectivity index (χ2n) is 3.06. The minimum Gasteiger partial charge on any atom is -0.439 e. The van der Waals surface area contributed by atoms with Crippen LogP contribution in [0.15, 0.2) is 61.3 Å². The third kappa shape index (κ3) is 2.44. The van der Waals surface area contributed by atoms with Gasteiger partial charge in [0, 0.05) is 17.8 Å². The van der Waals surface area contributed by atoms with Crippen molar-refractivity contribution in [2.75, 3.05) is 0 Å². The highest BCUT2D eigenvalue weighted by Gasteiger charge is 2.00. The Morgan fingerprint density at radius 1 is 1.00 bits per heavy atom. The highest BCUT2D eigenvalue weighted by Crippen LogP contribution is 2.16. The van der Waals surface area contributed by atoms with Gasteiger partial charge in [0.05, 0.1) is 0 Å². The number of rotatable bonds is 3. The number of aromatic nitrogens is 1. The lowest BCUT2D eigenvalue weighted by molar-refractivity contribution is 0.495. The fourth-order valence-corrected chi connectivity index (χ4v) is 1.22. The fraction of sp³-hybridized carbons (Fsp3) is 0. The lowest BCUT2D eigenvalue weighted by Crippen LogP contribution is -1.94. The molecule has 0 fully saturated rings. The summed E-state index contributed by atoms with van der Waals surface area (Å²) in [6.45, 7) is 3.86. The number of hydrogen-bond acceptors (Lipinski definition) is 2. The Morgan fingerprint density at radius 2 is 1.73 bits per heavy atom. The molecule has 0 N–H and O–H groups in total. The third-order valence-electron chi connectivity index (χ3n) is 1.96. The molecule has 0 atom stereocenters. The summed E-state index contributed by atoms with van der Waals surface area (Å²) < 4.78 is 5.49. The largest absolute Gasteiger partial charge is 0.439 e. The van der Waals surface area contributed by atoms with E-state index in [0.29, 0.717) is 11.6 Å². The molecule has 2 nitrogen and oxygen atoms in total. The van der Waals surface area contributed by atoms with Crippen LogP contribution >= 0.6 is 0 Å². The zero-order chi connectivity index (χ0) is 10.5. The van der Waals surface area contributed by atoms with Gasteiger partial charge in [-0.1, -0.05) is 43.0 Å². The summed E-state index contributed by atoms with van der Waals surface area (Å²) in [5.41, 5.74) is 0.961. The molecule has 1 aromatic carbocycles. The zero-order valence-corrected chi connectivity index (χ0v) is 8.26. The number of hydrogen-bond donors (Lipinski definition) is 0. The summed E-state index contributed by atoms with van der Waals surface area (Å²) in [5, 5.41) is 0. The van der Waals surface area contributed by atoms with Crippen LogP contribution in [0.5, 0.6) is 5.88 Å². The molecule has 0 aliphatic rings. The number of nitrogens with zero attached hydrogens (tertiary/aromatic N) is 1. The van der Waals surface area contributed by atoms with E-state index in [4.69, 9.17) is 4.74 Å².